The van der Waals surface area contributed by atoms with E-state index in [4.69, 9.17) is 0 Å². The quantitative estimate of drug-likeness (QED) is 0.802. The lowest BCUT2D eigenvalue weighted by atomic mass is 10.4. The first kappa shape index (κ1) is 9.97. The van der Waals surface area contributed by atoms with Crippen molar-refractivity contribution in [2.45, 2.75) is 13.8 Å². The van der Waals surface area contributed by atoms with Gasteiger partial charge in [0.1, 0.15) is 5.69 Å². The molecule has 0 radical (unpaired) electrons. The largest absolute Gasteiger partial charge is 0.303 e. The van der Waals surface area contributed by atoms with Crippen molar-refractivity contribution in [1.82, 2.24) is 15.0 Å². The van der Waals surface area contributed by atoms with Gasteiger partial charge in [-0.1, -0.05) is 0 Å². The first-order chi connectivity index (χ1) is 7.08. The molecule has 0 amide bonds. The predicted octanol–water partition coefficient (Wildman–Crippen LogP) is 1.65. The molecule has 0 saturated carbocycles. The lowest BCUT2D eigenvalue weighted by Gasteiger charge is -1.98. The first-order valence-corrected chi connectivity index (χ1v) is 5.15. The molecule has 2 aromatic rings. The van der Waals surface area contributed by atoms with E-state index in [1.54, 1.807) is 5.38 Å². The van der Waals surface area contributed by atoms with Crippen LogP contribution in [0.5, 0.6) is 0 Å². The Morgan fingerprint density at radius 3 is 2.67 bits per heavy atom. The number of H-pyrrole nitrogens is 1. The summed E-state index contributed by atoms with van der Waals surface area (Å²) in [7, 11) is 0. The van der Waals surface area contributed by atoms with E-state index >= 15 is 0 Å². The molecule has 0 aromatic carbocycles. The second-order valence-electron chi connectivity index (χ2n) is 3.07. The molecule has 2 aromatic heterocycles. The molecule has 15 heavy (non-hydrogen) atoms. The topological polar surface area (TPSA) is 58.6 Å². The first-order valence-electron chi connectivity index (χ1n) is 4.27. The number of nitrogens with one attached hydrogen (secondary N) is 1. The Kier molecular flexibility index (Phi) is 2.36. The van der Waals surface area contributed by atoms with Gasteiger partial charge in [-0.15, -0.1) is 11.3 Å². The van der Waals surface area contributed by atoms with Crippen molar-refractivity contribution in [2.75, 3.05) is 0 Å². The summed E-state index contributed by atoms with van der Waals surface area (Å²) in [6.45, 7) is 3.30. The minimum Gasteiger partial charge on any atom is -0.303 e. The molecule has 0 aliphatic carbocycles. The lowest BCUT2D eigenvalue weighted by molar-refractivity contribution is 0.589. The molecule has 0 unspecified atom stereocenters. The molecule has 0 spiro atoms. The maximum Gasteiger partial charge on any atom is 0.287 e. The van der Waals surface area contributed by atoms with E-state index in [0.717, 1.165) is 5.01 Å². The number of aromatic amines is 1. The summed E-state index contributed by atoms with van der Waals surface area (Å²) >= 11 is 1.45. The molecule has 2 heterocycles. The second-order valence-corrected chi connectivity index (χ2v) is 4.13. The van der Waals surface area contributed by atoms with Gasteiger partial charge in [-0.05, 0) is 13.8 Å². The van der Waals surface area contributed by atoms with E-state index in [1.165, 1.54) is 18.3 Å². The van der Waals surface area contributed by atoms with Gasteiger partial charge in [0.15, 0.2) is 5.82 Å². The minimum atomic E-state index is -0.842. The van der Waals surface area contributed by atoms with E-state index in [0.29, 0.717) is 11.5 Å². The monoisotopic (exact) mass is 225 g/mol. The van der Waals surface area contributed by atoms with Gasteiger partial charge in [0.25, 0.3) is 5.56 Å². The molecule has 0 fully saturated rings. The van der Waals surface area contributed by atoms with Crippen molar-refractivity contribution in [1.29, 1.82) is 0 Å². The van der Waals surface area contributed by atoms with Crippen molar-refractivity contribution in [2.24, 2.45) is 0 Å². The van der Waals surface area contributed by atoms with Crippen molar-refractivity contribution in [3.05, 3.63) is 32.3 Å². The van der Waals surface area contributed by atoms with Crippen LogP contribution in [0.25, 0.3) is 11.5 Å². The summed E-state index contributed by atoms with van der Waals surface area (Å²) in [5.74, 6) is -0.533. The summed E-state index contributed by atoms with van der Waals surface area (Å²) < 4.78 is 13.0. The third kappa shape index (κ3) is 1.80. The molecule has 6 heteroatoms. The standard InChI is InChI=1S/C9H8FN3OS/c1-4-7(10)9(14)13-8(11-4)6-3-15-5(2)12-6/h3H,1-2H3,(H,11,13,14). The Hall–Kier alpha value is -1.56. The van der Waals surface area contributed by atoms with Gasteiger partial charge >= 0.3 is 0 Å². The lowest BCUT2D eigenvalue weighted by Crippen LogP contribution is -2.15. The summed E-state index contributed by atoms with van der Waals surface area (Å²) in [6.07, 6.45) is 0. The molecule has 2 rings (SSSR count). The minimum absolute atomic E-state index is 0.0828. The summed E-state index contributed by atoms with van der Waals surface area (Å²) in [4.78, 5) is 21.6. The maximum atomic E-state index is 13.0. The number of aryl methyl sites for hydroxylation is 2. The van der Waals surface area contributed by atoms with E-state index < -0.39 is 11.4 Å². The van der Waals surface area contributed by atoms with Gasteiger partial charge in [-0.2, -0.15) is 4.39 Å². The fraction of sp³-hybridized carbons (Fsp3) is 0.222. The highest BCUT2D eigenvalue weighted by atomic mass is 32.1. The SMILES string of the molecule is Cc1nc(-c2nc(C)c(F)c(=O)[nH]2)cs1. The van der Waals surface area contributed by atoms with Crippen LogP contribution in [0.2, 0.25) is 0 Å². The van der Waals surface area contributed by atoms with Gasteiger partial charge in [0.2, 0.25) is 5.82 Å². The Labute approximate surface area is 88.8 Å². The molecular formula is C9H8FN3OS. The summed E-state index contributed by atoms with van der Waals surface area (Å²) in [5, 5.41) is 2.64. The highest BCUT2D eigenvalue weighted by Crippen LogP contribution is 2.17. The van der Waals surface area contributed by atoms with Crippen molar-refractivity contribution in [3.8, 4) is 11.5 Å². The number of thiazole rings is 1. The Morgan fingerprint density at radius 1 is 1.40 bits per heavy atom. The fourth-order valence-corrected chi connectivity index (χ4v) is 1.76. The Balaban J connectivity index is 2.60. The molecule has 0 atom stereocenters. The molecule has 1 N–H and O–H groups in total. The highest BCUT2D eigenvalue weighted by molar-refractivity contribution is 7.09. The molecule has 0 saturated heterocycles. The van der Waals surface area contributed by atoms with Crippen LogP contribution in [0.3, 0.4) is 0 Å². The van der Waals surface area contributed by atoms with Gasteiger partial charge in [-0.25, -0.2) is 9.97 Å². The van der Waals surface area contributed by atoms with E-state index in [1.807, 2.05) is 6.92 Å². The van der Waals surface area contributed by atoms with Crippen molar-refractivity contribution < 1.29 is 4.39 Å². The van der Waals surface area contributed by atoms with Gasteiger partial charge in [-0.3, -0.25) is 4.79 Å². The van der Waals surface area contributed by atoms with Gasteiger partial charge in [0, 0.05) is 5.38 Å². The van der Waals surface area contributed by atoms with Crippen molar-refractivity contribution >= 4 is 11.3 Å². The van der Waals surface area contributed by atoms with Crippen molar-refractivity contribution in [3.63, 3.8) is 0 Å². The summed E-state index contributed by atoms with van der Waals surface area (Å²) in [5.41, 5.74) is -0.111. The maximum absolute atomic E-state index is 13.0. The smallest absolute Gasteiger partial charge is 0.287 e. The van der Waals surface area contributed by atoms with E-state index in [9.17, 15) is 9.18 Å². The number of rotatable bonds is 1. The van der Waals surface area contributed by atoms with Crippen LogP contribution in [0.1, 0.15) is 10.7 Å². The molecule has 4 nitrogen and oxygen atoms in total. The zero-order valence-electron chi connectivity index (χ0n) is 8.17. The third-order valence-corrected chi connectivity index (χ3v) is 2.66. The molecule has 0 aliphatic rings. The van der Waals surface area contributed by atoms with Gasteiger partial charge < -0.3 is 4.98 Å². The Morgan fingerprint density at radius 2 is 2.13 bits per heavy atom. The Bertz CT molecular complexity index is 561. The molecular weight excluding hydrogens is 217 g/mol. The van der Waals surface area contributed by atoms with Crippen LogP contribution in [0, 0.1) is 19.7 Å². The predicted molar refractivity (Wildman–Crippen MR) is 55.4 cm³/mol. The van der Waals surface area contributed by atoms with Crippen LogP contribution in [-0.4, -0.2) is 15.0 Å². The van der Waals surface area contributed by atoms with Crippen LogP contribution in [-0.2, 0) is 0 Å². The van der Waals surface area contributed by atoms with Crippen LogP contribution < -0.4 is 5.56 Å². The highest BCUT2D eigenvalue weighted by Gasteiger charge is 2.10. The van der Waals surface area contributed by atoms with Crippen LogP contribution in [0.4, 0.5) is 4.39 Å². The summed E-state index contributed by atoms with van der Waals surface area (Å²) in [6, 6.07) is 0. The third-order valence-electron chi connectivity index (χ3n) is 1.89. The van der Waals surface area contributed by atoms with E-state index in [2.05, 4.69) is 15.0 Å². The number of nitrogens with zero attached hydrogens (tertiary/aromatic N) is 2. The average Bonchev–Trinajstić information content (AvgIpc) is 2.60. The zero-order valence-corrected chi connectivity index (χ0v) is 8.98. The van der Waals surface area contributed by atoms with Crippen LogP contribution in [0.15, 0.2) is 10.2 Å². The fourth-order valence-electron chi connectivity index (χ4n) is 1.16. The second kappa shape index (κ2) is 3.54. The van der Waals surface area contributed by atoms with E-state index in [-0.39, 0.29) is 5.69 Å². The number of hydrogen-bond donors (Lipinski definition) is 1. The molecule has 0 aliphatic heterocycles. The molecule has 78 valence electrons. The zero-order chi connectivity index (χ0) is 11.0. The normalized spacial score (nSPS) is 10.6. The number of hydrogen-bond acceptors (Lipinski definition) is 4. The van der Waals surface area contributed by atoms with Gasteiger partial charge in [0.05, 0.1) is 10.7 Å². The number of halogens is 1. The average molecular weight is 225 g/mol. The molecule has 0 bridgehead atoms. The number of aromatic nitrogens is 3. The van der Waals surface area contributed by atoms with Crippen LogP contribution >= 0.6 is 11.3 Å².